The summed E-state index contributed by atoms with van der Waals surface area (Å²) in [6.45, 7) is -0.548. The molecular weight excluding hydrogens is 406 g/mol. The van der Waals surface area contributed by atoms with Crippen LogP contribution in [0.25, 0.3) is 0 Å². The van der Waals surface area contributed by atoms with Crippen LogP contribution in [0.15, 0.2) is 29.2 Å². The van der Waals surface area contributed by atoms with Crippen LogP contribution in [0, 0.1) is 5.92 Å². The van der Waals surface area contributed by atoms with Gasteiger partial charge >= 0.3 is 18.6 Å². The first-order valence-corrected chi connectivity index (χ1v) is 9.00. The Morgan fingerprint density at radius 3 is 2.00 bits per heavy atom. The van der Waals surface area contributed by atoms with Crippen LogP contribution in [0.2, 0.25) is 0 Å². The Bertz CT molecular complexity index is 768. The van der Waals surface area contributed by atoms with E-state index in [4.69, 9.17) is 0 Å². The monoisotopic (exact) mass is 420 g/mol. The maximum atomic E-state index is 12.6. The second kappa shape index (κ2) is 7.44. The first kappa shape index (κ1) is 21.1. The highest BCUT2D eigenvalue weighted by Gasteiger charge is 2.42. The van der Waals surface area contributed by atoms with Gasteiger partial charge in [-0.3, -0.25) is 0 Å². The van der Waals surface area contributed by atoms with E-state index in [1.54, 1.807) is 4.72 Å². The van der Waals surface area contributed by atoms with E-state index in [1.807, 2.05) is 0 Å². The molecule has 1 fully saturated rings. The van der Waals surface area contributed by atoms with Gasteiger partial charge in [-0.15, -0.1) is 13.2 Å². The summed E-state index contributed by atoms with van der Waals surface area (Å²) in [5, 5.41) is 0. The quantitative estimate of drug-likeness (QED) is 0.762. The molecule has 0 atom stereocenters. The second-order valence-corrected chi connectivity index (χ2v) is 7.42. The number of halogens is 6. The van der Waals surface area contributed by atoms with E-state index >= 15 is 0 Å². The van der Waals surface area contributed by atoms with Crippen molar-refractivity contribution in [2.45, 2.75) is 30.3 Å². The zero-order valence-corrected chi connectivity index (χ0v) is 14.3. The molecule has 0 radical (unpaired) electrons. The van der Waals surface area contributed by atoms with E-state index in [9.17, 15) is 39.6 Å². The molecule has 0 unspecified atom stereocenters. The van der Waals surface area contributed by atoms with Gasteiger partial charge in [0.15, 0.2) is 0 Å². The molecule has 1 saturated heterocycles. The number of benzene rings is 1. The van der Waals surface area contributed by atoms with E-state index < -0.39 is 45.2 Å². The van der Waals surface area contributed by atoms with Crippen LogP contribution < -0.4 is 9.46 Å². The van der Waals surface area contributed by atoms with Crippen molar-refractivity contribution in [3.8, 4) is 5.75 Å². The van der Waals surface area contributed by atoms with Gasteiger partial charge in [0.1, 0.15) is 5.75 Å². The third-order valence-electron chi connectivity index (χ3n) is 3.83. The number of ether oxygens (including phenoxy) is 1. The lowest BCUT2D eigenvalue weighted by molar-refractivity contribution is -0.274. The second-order valence-electron chi connectivity index (χ2n) is 5.73. The van der Waals surface area contributed by atoms with Gasteiger partial charge in [-0.05, 0) is 37.1 Å². The molecule has 1 aliphatic heterocycles. The maximum Gasteiger partial charge on any atom is 0.573 e. The number of nitrogens with one attached hydrogen (secondary N) is 1. The number of rotatable bonds is 3. The molecule has 0 saturated carbocycles. The van der Waals surface area contributed by atoms with Gasteiger partial charge in [0, 0.05) is 13.1 Å². The summed E-state index contributed by atoms with van der Waals surface area (Å²) in [6, 6.07) is 1.99. The lowest BCUT2D eigenvalue weighted by Crippen LogP contribution is -2.48. The van der Waals surface area contributed by atoms with Crippen LogP contribution in [-0.2, 0) is 10.0 Å². The standard InChI is InChI=1S/C14H14F6N2O4S/c15-13(16,17)9-5-7-22(8-6-9)12(23)21-27(24,25)11-3-1-10(2-4-11)26-14(18,19)20/h1-4,9H,5-8H2,(H,21,23). The summed E-state index contributed by atoms with van der Waals surface area (Å²) in [5.41, 5.74) is 0. The van der Waals surface area contributed by atoms with E-state index in [2.05, 4.69) is 4.74 Å². The first-order valence-electron chi connectivity index (χ1n) is 7.52. The van der Waals surface area contributed by atoms with Crippen LogP contribution in [0.1, 0.15) is 12.8 Å². The highest BCUT2D eigenvalue weighted by molar-refractivity contribution is 7.90. The fraction of sp³-hybridized carbons (Fsp3) is 0.500. The molecule has 2 rings (SSSR count). The Hall–Kier alpha value is -2.18. The number of alkyl halides is 6. The van der Waals surface area contributed by atoms with Crippen molar-refractivity contribution in [1.29, 1.82) is 0 Å². The van der Waals surface area contributed by atoms with Crippen molar-refractivity contribution in [2.24, 2.45) is 5.92 Å². The number of carbonyl (C=O) groups excluding carboxylic acids is 1. The average Bonchev–Trinajstić information content (AvgIpc) is 2.52. The van der Waals surface area contributed by atoms with Gasteiger partial charge in [0.2, 0.25) is 0 Å². The molecule has 0 spiro atoms. The van der Waals surface area contributed by atoms with E-state index in [0.29, 0.717) is 0 Å². The number of hydrogen-bond acceptors (Lipinski definition) is 4. The summed E-state index contributed by atoms with van der Waals surface area (Å²) in [4.78, 5) is 12.4. The van der Waals surface area contributed by atoms with Crippen molar-refractivity contribution in [2.75, 3.05) is 13.1 Å². The topological polar surface area (TPSA) is 75.7 Å². The minimum atomic E-state index is -4.95. The molecule has 0 bridgehead atoms. The van der Waals surface area contributed by atoms with Crippen molar-refractivity contribution in [3.63, 3.8) is 0 Å². The molecular formula is C14H14F6N2O4S. The number of urea groups is 1. The number of hydrogen-bond donors (Lipinski definition) is 1. The molecule has 1 aliphatic rings. The molecule has 1 aromatic carbocycles. The third kappa shape index (κ3) is 5.91. The smallest absolute Gasteiger partial charge is 0.406 e. The highest BCUT2D eigenvalue weighted by atomic mass is 32.2. The molecule has 0 aromatic heterocycles. The minimum Gasteiger partial charge on any atom is -0.406 e. The van der Waals surface area contributed by atoms with Gasteiger partial charge in [-0.25, -0.2) is 17.9 Å². The molecule has 1 N–H and O–H groups in total. The van der Waals surface area contributed by atoms with E-state index in [1.165, 1.54) is 0 Å². The van der Waals surface area contributed by atoms with Crippen molar-refractivity contribution < 1.29 is 44.3 Å². The largest absolute Gasteiger partial charge is 0.573 e. The van der Waals surface area contributed by atoms with Gasteiger partial charge in [-0.1, -0.05) is 0 Å². The highest BCUT2D eigenvalue weighted by Crippen LogP contribution is 2.34. The number of nitrogens with zero attached hydrogens (tertiary/aromatic N) is 1. The molecule has 152 valence electrons. The van der Waals surface area contributed by atoms with Crippen LogP contribution in [0.5, 0.6) is 5.75 Å². The number of sulfonamides is 1. The Morgan fingerprint density at radius 2 is 1.56 bits per heavy atom. The molecule has 6 nitrogen and oxygen atoms in total. The van der Waals surface area contributed by atoms with Crippen LogP contribution in [0.4, 0.5) is 31.1 Å². The Balaban J connectivity index is 1.99. The molecule has 13 heteroatoms. The Morgan fingerprint density at radius 1 is 1.04 bits per heavy atom. The number of piperidine rings is 1. The SMILES string of the molecule is O=C(NS(=O)(=O)c1ccc(OC(F)(F)F)cc1)N1CCC(C(F)(F)F)CC1. The lowest BCUT2D eigenvalue weighted by Gasteiger charge is -2.32. The first-order chi connectivity index (χ1) is 12.3. The molecule has 1 aromatic rings. The predicted molar refractivity (Wildman–Crippen MR) is 79.2 cm³/mol. The van der Waals surface area contributed by atoms with Gasteiger partial charge in [0.05, 0.1) is 10.8 Å². The zero-order valence-electron chi connectivity index (χ0n) is 13.5. The van der Waals surface area contributed by atoms with Crippen molar-refractivity contribution >= 4 is 16.1 Å². The van der Waals surface area contributed by atoms with Crippen LogP contribution in [0.3, 0.4) is 0 Å². The summed E-state index contributed by atoms with van der Waals surface area (Å²) in [5.74, 6) is -2.21. The number of carbonyl (C=O) groups is 1. The van der Waals surface area contributed by atoms with E-state index in [0.717, 1.165) is 29.2 Å². The Labute approximate surface area is 150 Å². The van der Waals surface area contributed by atoms with Crippen LogP contribution in [-0.4, -0.2) is 45.0 Å². The van der Waals surface area contributed by atoms with Gasteiger partial charge < -0.3 is 9.64 Å². The predicted octanol–water partition coefficient (Wildman–Crippen LogP) is 3.26. The maximum absolute atomic E-state index is 12.6. The van der Waals surface area contributed by atoms with E-state index in [-0.39, 0.29) is 25.9 Å². The number of amides is 2. The van der Waals surface area contributed by atoms with Crippen molar-refractivity contribution in [3.05, 3.63) is 24.3 Å². The lowest BCUT2D eigenvalue weighted by atomic mass is 9.97. The summed E-state index contributed by atoms with van der Waals surface area (Å²) < 4.78 is 104. The van der Waals surface area contributed by atoms with Gasteiger partial charge in [0.25, 0.3) is 10.0 Å². The van der Waals surface area contributed by atoms with Crippen LogP contribution >= 0.6 is 0 Å². The fourth-order valence-corrected chi connectivity index (χ4v) is 3.44. The van der Waals surface area contributed by atoms with Gasteiger partial charge in [-0.2, -0.15) is 13.2 Å². The molecule has 2 amide bonds. The fourth-order valence-electron chi connectivity index (χ4n) is 2.47. The Kier molecular flexibility index (Phi) is 5.82. The zero-order chi connectivity index (χ0) is 20.5. The number of likely N-dealkylation sites (tertiary alicyclic amines) is 1. The summed E-state index contributed by atoms with van der Waals surface area (Å²) in [6.07, 6.45) is -10.0. The molecule has 1 heterocycles. The minimum absolute atomic E-state index is 0.274. The molecule has 0 aliphatic carbocycles. The van der Waals surface area contributed by atoms with Crippen molar-refractivity contribution in [1.82, 2.24) is 9.62 Å². The third-order valence-corrected chi connectivity index (χ3v) is 5.17. The average molecular weight is 420 g/mol. The normalized spacial score (nSPS) is 16.9. The summed E-state index contributed by atoms with van der Waals surface area (Å²) in [7, 11) is -4.41. The summed E-state index contributed by atoms with van der Waals surface area (Å²) >= 11 is 0. The molecule has 27 heavy (non-hydrogen) atoms.